The molecule has 1 aromatic heterocycles. The van der Waals surface area contributed by atoms with Crippen LogP contribution in [0.15, 0.2) is 78.9 Å². The quantitative estimate of drug-likeness (QED) is 0.416. The van der Waals surface area contributed by atoms with Crippen LogP contribution >= 0.6 is 0 Å². The zero-order valence-electron chi connectivity index (χ0n) is 16.7. The average Bonchev–Trinajstić information content (AvgIpc) is 2.74. The summed E-state index contributed by atoms with van der Waals surface area (Å²) in [7, 11) is 0. The molecule has 0 atom stereocenters. The second kappa shape index (κ2) is 7.55. The van der Waals surface area contributed by atoms with Crippen molar-refractivity contribution in [2.24, 2.45) is 0 Å². The van der Waals surface area contributed by atoms with E-state index < -0.39 is 0 Å². The van der Waals surface area contributed by atoms with Crippen LogP contribution in [0.3, 0.4) is 0 Å². The molecule has 0 spiro atoms. The van der Waals surface area contributed by atoms with Gasteiger partial charge in [-0.2, -0.15) is 0 Å². The molecule has 0 aliphatic heterocycles. The third-order valence-corrected chi connectivity index (χ3v) is 4.66. The molecular weight excluding hydrogens is 361 g/mol. The number of rotatable bonds is 3. The van der Waals surface area contributed by atoms with Gasteiger partial charge in [-0.3, -0.25) is 0 Å². The fourth-order valence-corrected chi connectivity index (χ4v) is 3.01. The Bertz CT molecular complexity index is 1110. The summed E-state index contributed by atoms with van der Waals surface area (Å²) in [5, 5.41) is 0. The fraction of sp³-hybridized carbons (Fsp3) is 0.160. The standard InChI is InChI=1S/C25H22FN3/c1-25(2,3)24-28-22(19-7-5-4-6-8-19)27-23(29-24)20-11-9-17(10-12-20)18-13-15-21(26)16-14-18/h4-16H,1-3H3. The van der Waals surface area contributed by atoms with Crippen LogP contribution in [0.25, 0.3) is 33.9 Å². The van der Waals surface area contributed by atoms with Gasteiger partial charge in [0.15, 0.2) is 11.6 Å². The summed E-state index contributed by atoms with van der Waals surface area (Å²) < 4.78 is 13.2. The monoisotopic (exact) mass is 383 g/mol. The number of aromatic nitrogens is 3. The summed E-state index contributed by atoms with van der Waals surface area (Å²) >= 11 is 0. The lowest BCUT2D eigenvalue weighted by Crippen LogP contribution is -2.18. The molecule has 29 heavy (non-hydrogen) atoms. The Morgan fingerprint density at radius 3 is 1.52 bits per heavy atom. The minimum atomic E-state index is -0.237. The molecule has 3 nitrogen and oxygen atoms in total. The minimum absolute atomic E-state index is 0.199. The zero-order chi connectivity index (χ0) is 20.4. The largest absolute Gasteiger partial charge is 0.212 e. The van der Waals surface area contributed by atoms with E-state index in [9.17, 15) is 4.39 Å². The topological polar surface area (TPSA) is 38.7 Å². The van der Waals surface area contributed by atoms with Gasteiger partial charge in [0.1, 0.15) is 11.6 Å². The van der Waals surface area contributed by atoms with E-state index >= 15 is 0 Å². The number of hydrogen-bond acceptors (Lipinski definition) is 3. The van der Waals surface area contributed by atoms with Crippen LogP contribution in [-0.2, 0) is 5.41 Å². The Labute approximate surface area is 170 Å². The Hall–Kier alpha value is -3.40. The first-order valence-corrected chi connectivity index (χ1v) is 9.58. The Kier molecular flexibility index (Phi) is 4.93. The van der Waals surface area contributed by atoms with Gasteiger partial charge in [-0.15, -0.1) is 0 Å². The van der Waals surface area contributed by atoms with E-state index in [-0.39, 0.29) is 11.2 Å². The maximum Gasteiger partial charge on any atom is 0.163 e. The smallest absolute Gasteiger partial charge is 0.163 e. The predicted molar refractivity (Wildman–Crippen MR) is 115 cm³/mol. The number of nitrogens with zero attached hydrogens (tertiary/aromatic N) is 3. The van der Waals surface area contributed by atoms with E-state index in [2.05, 4.69) is 20.8 Å². The molecule has 0 aliphatic rings. The highest BCUT2D eigenvalue weighted by molar-refractivity contribution is 5.68. The van der Waals surface area contributed by atoms with Gasteiger partial charge in [-0.1, -0.05) is 87.5 Å². The second-order valence-corrected chi connectivity index (χ2v) is 8.01. The molecule has 0 N–H and O–H groups in total. The molecule has 0 bridgehead atoms. The zero-order valence-corrected chi connectivity index (χ0v) is 16.7. The van der Waals surface area contributed by atoms with Crippen LogP contribution in [0, 0.1) is 5.82 Å². The predicted octanol–water partition coefficient (Wildman–Crippen LogP) is 6.31. The number of halogens is 1. The van der Waals surface area contributed by atoms with Crippen LogP contribution in [0.5, 0.6) is 0 Å². The lowest BCUT2D eigenvalue weighted by Gasteiger charge is -2.18. The first-order valence-electron chi connectivity index (χ1n) is 9.58. The van der Waals surface area contributed by atoms with E-state index in [0.29, 0.717) is 11.6 Å². The molecule has 4 rings (SSSR count). The van der Waals surface area contributed by atoms with Crippen molar-refractivity contribution in [1.82, 2.24) is 15.0 Å². The minimum Gasteiger partial charge on any atom is -0.212 e. The van der Waals surface area contributed by atoms with Gasteiger partial charge in [0.25, 0.3) is 0 Å². The summed E-state index contributed by atoms with van der Waals surface area (Å²) in [5.41, 5.74) is 3.66. The molecule has 4 aromatic rings. The second-order valence-electron chi connectivity index (χ2n) is 8.01. The van der Waals surface area contributed by atoms with Crippen LogP contribution in [0.4, 0.5) is 4.39 Å². The molecule has 0 unspecified atom stereocenters. The van der Waals surface area contributed by atoms with Crippen molar-refractivity contribution in [3.8, 4) is 33.9 Å². The Balaban J connectivity index is 1.76. The van der Waals surface area contributed by atoms with Gasteiger partial charge in [0.2, 0.25) is 0 Å². The highest BCUT2D eigenvalue weighted by Gasteiger charge is 2.21. The number of benzene rings is 3. The van der Waals surface area contributed by atoms with Gasteiger partial charge >= 0.3 is 0 Å². The van der Waals surface area contributed by atoms with Crippen molar-refractivity contribution in [1.29, 1.82) is 0 Å². The molecule has 0 amide bonds. The molecule has 0 radical (unpaired) electrons. The van der Waals surface area contributed by atoms with Crippen LogP contribution in [0.2, 0.25) is 0 Å². The Morgan fingerprint density at radius 2 is 1.00 bits per heavy atom. The molecule has 0 saturated carbocycles. The van der Waals surface area contributed by atoms with Crippen molar-refractivity contribution >= 4 is 0 Å². The van der Waals surface area contributed by atoms with Crippen LogP contribution in [0.1, 0.15) is 26.6 Å². The highest BCUT2D eigenvalue weighted by atomic mass is 19.1. The normalized spacial score (nSPS) is 11.4. The molecule has 0 aliphatic carbocycles. The summed E-state index contributed by atoms with van der Waals surface area (Å²) in [6.45, 7) is 6.29. The first-order chi connectivity index (χ1) is 13.9. The molecule has 0 saturated heterocycles. The lowest BCUT2D eigenvalue weighted by molar-refractivity contribution is 0.543. The van der Waals surface area contributed by atoms with Gasteiger partial charge in [-0.05, 0) is 23.3 Å². The molecule has 0 fully saturated rings. The van der Waals surface area contributed by atoms with Gasteiger partial charge in [0.05, 0.1) is 0 Å². The molecular formula is C25H22FN3. The Morgan fingerprint density at radius 1 is 0.552 bits per heavy atom. The highest BCUT2D eigenvalue weighted by Crippen LogP contribution is 2.27. The summed E-state index contributed by atoms with van der Waals surface area (Å²) in [6.07, 6.45) is 0. The number of hydrogen-bond donors (Lipinski definition) is 0. The van der Waals surface area contributed by atoms with Crippen molar-refractivity contribution < 1.29 is 4.39 Å². The van der Waals surface area contributed by atoms with Crippen molar-refractivity contribution in [2.75, 3.05) is 0 Å². The van der Waals surface area contributed by atoms with Crippen LogP contribution in [-0.4, -0.2) is 15.0 Å². The molecule has 3 aromatic carbocycles. The first kappa shape index (κ1) is 18.9. The SMILES string of the molecule is CC(C)(C)c1nc(-c2ccccc2)nc(-c2ccc(-c3ccc(F)cc3)cc2)n1. The molecule has 1 heterocycles. The van der Waals surface area contributed by atoms with Crippen LogP contribution < -0.4 is 0 Å². The van der Waals surface area contributed by atoms with Crippen molar-refractivity contribution in [3.05, 3.63) is 90.5 Å². The molecule has 4 heteroatoms. The maximum atomic E-state index is 13.2. The van der Waals surface area contributed by atoms with Gasteiger partial charge in [0, 0.05) is 16.5 Å². The summed E-state index contributed by atoms with van der Waals surface area (Å²) in [4.78, 5) is 14.2. The lowest BCUT2D eigenvalue weighted by atomic mass is 9.95. The third kappa shape index (κ3) is 4.21. The van der Waals surface area contributed by atoms with Crippen molar-refractivity contribution in [2.45, 2.75) is 26.2 Å². The summed E-state index contributed by atoms with van der Waals surface area (Å²) in [5.74, 6) is 1.83. The maximum absolute atomic E-state index is 13.2. The van der Waals surface area contributed by atoms with E-state index in [0.717, 1.165) is 28.1 Å². The van der Waals surface area contributed by atoms with Crippen molar-refractivity contribution in [3.63, 3.8) is 0 Å². The van der Waals surface area contributed by atoms with E-state index in [1.54, 1.807) is 12.1 Å². The third-order valence-electron chi connectivity index (χ3n) is 4.66. The van der Waals surface area contributed by atoms with E-state index in [1.165, 1.54) is 12.1 Å². The van der Waals surface area contributed by atoms with E-state index in [1.807, 2.05) is 54.6 Å². The fourth-order valence-electron chi connectivity index (χ4n) is 3.01. The molecule has 144 valence electrons. The average molecular weight is 383 g/mol. The van der Waals surface area contributed by atoms with E-state index in [4.69, 9.17) is 15.0 Å². The van der Waals surface area contributed by atoms with Gasteiger partial charge in [-0.25, -0.2) is 19.3 Å². The van der Waals surface area contributed by atoms with Gasteiger partial charge < -0.3 is 0 Å². The summed E-state index contributed by atoms with van der Waals surface area (Å²) in [6, 6.07) is 24.4.